The zero-order valence-corrected chi connectivity index (χ0v) is 20.8. The van der Waals surface area contributed by atoms with Gasteiger partial charge in [0.25, 0.3) is 5.91 Å². The maximum Gasteiger partial charge on any atom is 0.317 e. The fourth-order valence-electron chi connectivity index (χ4n) is 4.63. The van der Waals surface area contributed by atoms with Crippen LogP contribution in [0.1, 0.15) is 78.8 Å². The summed E-state index contributed by atoms with van der Waals surface area (Å²) < 4.78 is 0. The lowest BCUT2D eigenvalue weighted by Crippen LogP contribution is -2.44. The summed E-state index contributed by atoms with van der Waals surface area (Å²) in [6.07, 6.45) is 9.95. The summed E-state index contributed by atoms with van der Waals surface area (Å²) in [6.45, 7) is 8.05. The Labute approximate surface area is 206 Å². The van der Waals surface area contributed by atoms with E-state index in [-0.39, 0.29) is 17.9 Å². The first-order chi connectivity index (χ1) is 16.5. The second-order valence-electron chi connectivity index (χ2n) is 9.20. The van der Waals surface area contributed by atoms with Gasteiger partial charge >= 0.3 is 6.03 Å². The molecule has 3 amide bonds. The van der Waals surface area contributed by atoms with Gasteiger partial charge in [0.1, 0.15) is 5.69 Å². The summed E-state index contributed by atoms with van der Waals surface area (Å²) >= 11 is 1.53. The average molecular weight is 479 g/mol. The number of amides is 3. The van der Waals surface area contributed by atoms with Gasteiger partial charge in [0, 0.05) is 42.2 Å². The van der Waals surface area contributed by atoms with Crippen LogP contribution >= 0.6 is 11.3 Å². The Morgan fingerprint density at radius 2 is 2.00 bits per heavy atom. The third kappa shape index (κ3) is 6.14. The van der Waals surface area contributed by atoms with Crippen LogP contribution in [0.5, 0.6) is 0 Å². The minimum absolute atomic E-state index is 0.0326. The fraction of sp³-hybridized carbons (Fsp3) is 0.444. The molecule has 1 saturated heterocycles. The Bertz CT molecular complexity index is 1070. The van der Waals surface area contributed by atoms with Crippen molar-refractivity contribution in [3.8, 4) is 0 Å². The number of nitrogens with one attached hydrogen (secondary N) is 2. The van der Waals surface area contributed by atoms with E-state index >= 15 is 0 Å². The average Bonchev–Trinajstić information content (AvgIpc) is 3.35. The van der Waals surface area contributed by atoms with Crippen LogP contribution in [0.15, 0.2) is 47.9 Å². The second kappa shape index (κ2) is 11.5. The molecule has 0 saturated carbocycles. The molecule has 2 aliphatic rings. The molecule has 1 aliphatic heterocycles. The molecule has 4 rings (SSSR count). The van der Waals surface area contributed by atoms with Crippen LogP contribution in [0.2, 0.25) is 0 Å². The number of hydrogen-bond acceptors (Lipinski definition) is 4. The summed E-state index contributed by atoms with van der Waals surface area (Å²) in [5.74, 6) is 0.0757. The van der Waals surface area contributed by atoms with Crippen molar-refractivity contribution < 1.29 is 9.59 Å². The van der Waals surface area contributed by atoms with E-state index < -0.39 is 0 Å². The number of benzene rings is 1. The number of hydrogen-bond donors (Lipinski definition) is 2. The van der Waals surface area contributed by atoms with Crippen LogP contribution in [0, 0.1) is 0 Å². The van der Waals surface area contributed by atoms with E-state index in [4.69, 9.17) is 0 Å². The Morgan fingerprint density at radius 1 is 1.21 bits per heavy atom. The normalized spacial score (nSPS) is 16.6. The summed E-state index contributed by atoms with van der Waals surface area (Å²) in [5.41, 5.74) is 4.49. The van der Waals surface area contributed by atoms with E-state index in [1.165, 1.54) is 42.6 Å². The molecule has 0 unspecified atom stereocenters. The van der Waals surface area contributed by atoms with E-state index in [0.717, 1.165) is 41.1 Å². The first-order valence-electron chi connectivity index (χ1n) is 12.2. The van der Waals surface area contributed by atoms with Crippen LogP contribution in [0.4, 0.5) is 10.5 Å². The zero-order valence-electron chi connectivity index (χ0n) is 19.9. The third-order valence-electron chi connectivity index (χ3n) is 6.63. The van der Waals surface area contributed by atoms with Crippen molar-refractivity contribution >= 4 is 34.5 Å². The smallest absolute Gasteiger partial charge is 0.317 e. The minimum atomic E-state index is -0.207. The van der Waals surface area contributed by atoms with E-state index in [2.05, 4.69) is 28.3 Å². The number of nitrogens with zero attached hydrogens (tertiary/aromatic N) is 2. The first kappa shape index (κ1) is 24.2. The van der Waals surface area contributed by atoms with E-state index in [1.807, 2.05) is 41.5 Å². The van der Waals surface area contributed by atoms with Crippen molar-refractivity contribution in [2.75, 3.05) is 25.0 Å². The highest BCUT2D eigenvalue weighted by molar-refractivity contribution is 7.10. The number of urea groups is 1. The molecule has 1 aromatic heterocycles. The number of piperidine rings is 1. The highest BCUT2D eigenvalue weighted by atomic mass is 32.1. The molecule has 34 heavy (non-hydrogen) atoms. The lowest BCUT2D eigenvalue weighted by atomic mass is 9.97. The molecule has 0 atom stereocenters. The van der Waals surface area contributed by atoms with E-state index in [1.54, 1.807) is 0 Å². The van der Waals surface area contributed by atoms with Crippen molar-refractivity contribution in [2.24, 2.45) is 0 Å². The first-order valence-corrected chi connectivity index (χ1v) is 13.1. The molecular formula is C27H34N4O2S. The topological polar surface area (TPSA) is 74.3 Å². The molecule has 6 nitrogen and oxygen atoms in total. The number of likely N-dealkylation sites (tertiary alicyclic amines) is 1. The Morgan fingerprint density at radius 3 is 2.74 bits per heavy atom. The molecule has 2 heterocycles. The van der Waals surface area contributed by atoms with E-state index in [9.17, 15) is 9.59 Å². The number of thiazole rings is 1. The molecule has 1 aliphatic carbocycles. The van der Waals surface area contributed by atoms with Gasteiger partial charge in [-0.1, -0.05) is 36.4 Å². The quantitative estimate of drug-likeness (QED) is 0.465. The lowest BCUT2D eigenvalue weighted by Gasteiger charge is -2.31. The monoisotopic (exact) mass is 478 g/mol. The van der Waals surface area contributed by atoms with Gasteiger partial charge in [0.2, 0.25) is 0 Å². The van der Waals surface area contributed by atoms with Gasteiger partial charge in [-0.2, -0.15) is 0 Å². The number of carbonyl (C=O) groups excluding carboxylic acids is 2. The molecule has 1 fully saturated rings. The summed E-state index contributed by atoms with van der Waals surface area (Å²) in [6, 6.07) is 7.68. The Balaban J connectivity index is 1.25. The van der Waals surface area contributed by atoms with Crippen molar-refractivity contribution in [2.45, 2.75) is 57.8 Å². The van der Waals surface area contributed by atoms with Gasteiger partial charge in [-0.3, -0.25) is 4.79 Å². The van der Waals surface area contributed by atoms with Gasteiger partial charge in [0.15, 0.2) is 0 Å². The highest BCUT2D eigenvalue weighted by Gasteiger charge is 2.26. The van der Waals surface area contributed by atoms with Crippen LogP contribution in [0.3, 0.4) is 0 Å². The van der Waals surface area contributed by atoms with Crippen LogP contribution in [0.25, 0.3) is 5.57 Å². The number of anilines is 1. The molecule has 2 aromatic rings. The van der Waals surface area contributed by atoms with Gasteiger partial charge in [0.05, 0.1) is 5.01 Å². The minimum Gasteiger partial charge on any atom is -0.338 e. The predicted octanol–water partition coefficient (Wildman–Crippen LogP) is 6.21. The van der Waals surface area contributed by atoms with Gasteiger partial charge in [-0.25, -0.2) is 9.78 Å². The Hall–Kier alpha value is -2.93. The number of para-hydroxylation sites is 1. The Kier molecular flexibility index (Phi) is 8.16. The van der Waals surface area contributed by atoms with E-state index in [0.29, 0.717) is 25.3 Å². The van der Waals surface area contributed by atoms with Gasteiger partial charge in [-0.05, 0) is 63.5 Å². The molecule has 1 aromatic carbocycles. The fourth-order valence-corrected chi connectivity index (χ4v) is 5.60. The molecule has 0 bridgehead atoms. The predicted molar refractivity (Wildman–Crippen MR) is 139 cm³/mol. The van der Waals surface area contributed by atoms with Crippen molar-refractivity contribution in [3.05, 3.63) is 64.1 Å². The number of allylic oxidation sites excluding steroid dienone is 2. The molecule has 180 valence electrons. The largest absolute Gasteiger partial charge is 0.338 e. The van der Waals surface area contributed by atoms with Crippen LogP contribution < -0.4 is 10.6 Å². The maximum absolute atomic E-state index is 12.8. The third-order valence-corrected chi connectivity index (χ3v) is 7.64. The second-order valence-corrected chi connectivity index (χ2v) is 10.1. The van der Waals surface area contributed by atoms with Gasteiger partial charge in [-0.15, -0.1) is 11.3 Å². The van der Waals surface area contributed by atoms with Gasteiger partial charge < -0.3 is 15.5 Å². The number of carbonyl (C=O) groups is 2. The van der Waals surface area contributed by atoms with Crippen LogP contribution in [-0.2, 0) is 0 Å². The zero-order chi connectivity index (χ0) is 23.9. The number of rotatable bonds is 7. The summed E-state index contributed by atoms with van der Waals surface area (Å²) in [7, 11) is 0. The maximum atomic E-state index is 12.8. The lowest BCUT2D eigenvalue weighted by molar-refractivity contribution is 0.102. The molecular weight excluding hydrogens is 444 g/mol. The van der Waals surface area contributed by atoms with Crippen molar-refractivity contribution in [1.82, 2.24) is 15.2 Å². The number of aromatic nitrogens is 1. The SMILES string of the molecule is C=C(C)c1ccccc1NC(=O)c1csc(C2CCN(C(=O)NCCC3=CCCCC3)CC2)n1. The van der Waals surface area contributed by atoms with Crippen molar-refractivity contribution in [1.29, 1.82) is 0 Å². The molecule has 7 heteroatoms. The highest BCUT2D eigenvalue weighted by Crippen LogP contribution is 2.31. The standard InChI is InChI=1S/C27H34N4O2S/c1-19(2)22-10-6-7-11-23(22)29-25(32)24-18-34-26(30-24)21-13-16-31(17-14-21)27(33)28-15-12-20-8-4-3-5-9-20/h6-8,10-11,18,21H,1,3-5,9,12-17H2,2H3,(H,28,33)(H,29,32). The van der Waals surface area contributed by atoms with Crippen molar-refractivity contribution in [3.63, 3.8) is 0 Å². The molecule has 0 radical (unpaired) electrons. The molecule has 2 N–H and O–H groups in total. The molecule has 0 spiro atoms. The summed E-state index contributed by atoms with van der Waals surface area (Å²) in [4.78, 5) is 31.9. The summed E-state index contributed by atoms with van der Waals surface area (Å²) in [5, 5.41) is 8.85. The van der Waals surface area contributed by atoms with Crippen LogP contribution in [-0.4, -0.2) is 41.5 Å².